The average molecular weight is 493 g/mol. The van der Waals surface area contributed by atoms with Crippen molar-refractivity contribution in [2.24, 2.45) is 0 Å². The summed E-state index contributed by atoms with van der Waals surface area (Å²) in [5.74, 6) is -0.132. The van der Waals surface area contributed by atoms with Crippen LogP contribution in [0, 0.1) is 0 Å². The van der Waals surface area contributed by atoms with Crippen molar-refractivity contribution in [2.75, 3.05) is 32.4 Å². The van der Waals surface area contributed by atoms with Crippen LogP contribution in [0.1, 0.15) is 150 Å². The van der Waals surface area contributed by atoms with E-state index in [4.69, 9.17) is 4.55 Å². The summed E-state index contributed by atoms with van der Waals surface area (Å²) in [5, 5.41) is 0. The Morgan fingerprint density at radius 1 is 0.485 bits per heavy atom. The van der Waals surface area contributed by atoms with Crippen LogP contribution in [0.3, 0.4) is 0 Å². The highest BCUT2D eigenvalue weighted by Gasteiger charge is 2.20. The van der Waals surface area contributed by atoms with Crippen molar-refractivity contribution in [1.82, 2.24) is 0 Å². The Morgan fingerprint density at radius 3 is 0.970 bits per heavy atom. The predicted molar refractivity (Wildman–Crippen MR) is 148 cm³/mol. The molecule has 4 nitrogen and oxygen atoms in total. The number of hydrogen-bond donors (Lipinski definition) is 1. The number of nitrogens with zero attached hydrogens (tertiary/aromatic N) is 1. The van der Waals surface area contributed by atoms with Gasteiger partial charge >= 0.3 is 0 Å². The molecule has 0 fully saturated rings. The summed E-state index contributed by atoms with van der Waals surface area (Å²) in [6, 6.07) is 0. The van der Waals surface area contributed by atoms with E-state index >= 15 is 0 Å². The first-order chi connectivity index (χ1) is 15.7. The first-order valence-corrected chi connectivity index (χ1v) is 16.1. The Kier molecular flexibility index (Phi) is 26.5. The quantitative estimate of drug-likeness (QED) is 0.0880. The smallest absolute Gasteiger partial charge is 0.264 e. The van der Waals surface area contributed by atoms with Gasteiger partial charge in [-0.25, -0.2) is 0 Å². The van der Waals surface area contributed by atoms with Crippen LogP contribution in [0.2, 0.25) is 0 Å². The average Bonchev–Trinajstić information content (AvgIpc) is 2.75. The summed E-state index contributed by atoms with van der Waals surface area (Å²) in [7, 11) is -1.11. The minimum Gasteiger partial charge on any atom is -0.326 e. The predicted octanol–water partition coefficient (Wildman–Crippen LogP) is 8.80. The van der Waals surface area contributed by atoms with Gasteiger partial charge in [-0.15, -0.1) is 0 Å². The highest BCUT2D eigenvalue weighted by atomic mass is 32.2. The molecular weight excluding hydrogens is 430 g/mol. The van der Waals surface area contributed by atoms with Crippen molar-refractivity contribution in [2.45, 2.75) is 150 Å². The largest absolute Gasteiger partial charge is 0.326 e. The van der Waals surface area contributed by atoms with Crippen molar-refractivity contribution in [3.05, 3.63) is 0 Å². The highest BCUT2D eigenvalue weighted by Crippen LogP contribution is 2.16. The summed E-state index contributed by atoms with van der Waals surface area (Å²) in [6.07, 6.45) is 26.3. The van der Waals surface area contributed by atoms with Crippen LogP contribution in [-0.2, 0) is 10.1 Å². The van der Waals surface area contributed by atoms with Gasteiger partial charge in [-0.3, -0.25) is 4.55 Å². The molecule has 0 spiro atoms. The van der Waals surface area contributed by atoms with Crippen LogP contribution in [-0.4, -0.2) is 49.9 Å². The van der Waals surface area contributed by atoms with Crippen molar-refractivity contribution < 1.29 is 17.5 Å². The van der Waals surface area contributed by atoms with Crippen LogP contribution < -0.4 is 0 Å². The second-order valence-electron chi connectivity index (χ2n) is 10.4. The third-order valence-corrected chi connectivity index (χ3v) is 7.54. The van der Waals surface area contributed by atoms with Crippen LogP contribution >= 0.6 is 0 Å². The molecule has 0 aromatic heterocycles. The molecule has 5 heteroatoms. The summed E-state index contributed by atoms with van der Waals surface area (Å²) in [4.78, 5) is 0. The molecule has 0 unspecified atom stereocenters. The second-order valence-corrected chi connectivity index (χ2v) is 12.0. The second kappa shape index (κ2) is 25.0. The molecule has 0 aliphatic carbocycles. The molecule has 0 aliphatic rings. The molecule has 33 heavy (non-hydrogen) atoms. The van der Waals surface area contributed by atoms with E-state index in [1.54, 1.807) is 6.92 Å². The SMILES string of the molecule is CCCCCCCC[N+](C)(CCCCCCCC)CCCCCCCC.CCCS(=O)(=O)O. The molecule has 0 heterocycles. The van der Waals surface area contributed by atoms with Gasteiger partial charge < -0.3 is 4.48 Å². The van der Waals surface area contributed by atoms with Gasteiger partial charge in [-0.2, -0.15) is 8.42 Å². The molecule has 0 atom stereocenters. The molecule has 0 amide bonds. The number of quaternary nitrogens is 1. The normalized spacial score (nSPS) is 11.9. The molecule has 0 radical (unpaired) electrons. The maximum absolute atomic E-state index is 9.79. The lowest BCUT2D eigenvalue weighted by Crippen LogP contribution is -2.46. The van der Waals surface area contributed by atoms with Gasteiger partial charge in [0, 0.05) is 0 Å². The van der Waals surface area contributed by atoms with Gasteiger partial charge in [0.05, 0.1) is 32.4 Å². The zero-order valence-corrected chi connectivity index (χ0v) is 24.2. The highest BCUT2D eigenvalue weighted by molar-refractivity contribution is 7.85. The van der Waals surface area contributed by atoms with Crippen LogP contribution in [0.25, 0.3) is 0 Å². The molecule has 0 saturated heterocycles. The Bertz CT molecular complexity index is 439. The third-order valence-electron chi connectivity index (χ3n) is 6.62. The number of hydrogen-bond acceptors (Lipinski definition) is 2. The lowest BCUT2D eigenvalue weighted by atomic mass is 10.1. The molecular formula is C28H62NO3S+. The van der Waals surface area contributed by atoms with E-state index in [0.717, 1.165) is 0 Å². The number of unbranched alkanes of at least 4 members (excludes halogenated alkanes) is 15. The molecule has 1 N–H and O–H groups in total. The van der Waals surface area contributed by atoms with E-state index in [2.05, 4.69) is 27.8 Å². The topological polar surface area (TPSA) is 54.4 Å². The molecule has 0 saturated carbocycles. The van der Waals surface area contributed by atoms with Crippen molar-refractivity contribution in [3.8, 4) is 0 Å². The monoisotopic (exact) mass is 492 g/mol. The third kappa shape index (κ3) is 29.8. The van der Waals surface area contributed by atoms with Crippen LogP contribution in [0.4, 0.5) is 0 Å². The van der Waals surface area contributed by atoms with E-state index in [1.165, 1.54) is 140 Å². The minimum absolute atomic E-state index is 0.132. The Hall–Kier alpha value is -0.130. The van der Waals surface area contributed by atoms with Gasteiger partial charge in [0.1, 0.15) is 0 Å². The molecule has 0 aromatic carbocycles. The summed E-state index contributed by atoms with van der Waals surface area (Å²) in [6.45, 7) is 12.9. The first-order valence-electron chi connectivity index (χ1n) is 14.5. The van der Waals surface area contributed by atoms with Crippen molar-refractivity contribution in [3.63, 3.8) is 0 Å². The first kappa shape index (κ1) is 35.0. The zero-order valence-electron chi connectivity index (χ0n) is 23.4. The summed E-state index contributed by atoms with van der Waals surface area (Å²) >= 11 is 0. The Labute approximate surface area is 209 Å². The number of rotatable bonds is 23. The van der Waals surface area contributed by atoms with E-state index in [-0.39, 0.29) is 5.75 Å². The van der Waals surface area contributed by atoms with E-state index in [9.17, 15) is 8.42 Å². The van der Waals surface area contributed by atoms with Gasteiger partial charge in [0.25, 0.3) is 10.1 Å². The molecule has 0 aliphatic heterocycles. The van der Waals surface area contributed by atoms with E-state index in [1.807, 2.05) is 0 Å². The Morgan fingerprint density at radius 2 is 0.758 bits per heavy atom. The maximum atomic E-state index is 9.79. The fraction of sp³-hybridized carbons (Fsp3) is 1.00. The van der Waals surface area contributed by atoms with Gasteiger partial charge in [0.15, 0.2) is 0 Å². The zero-order chi connectivity index (χ0) is 25.3. The van der Waals surface area contributed by atoms with Crippen molar-refractivity contribution in [1.29, 1.82) is 0 Å². The van der Waals surface area contributed by atoms with E-state index in [0.29, 0.717) is 6.42 Å². The summed E-state index contributed by atoms with van der Waals surface area (Å²) in [5.41, 5.74) is 0. The lowest BCUT2D eigenvalue weighted by Gasteiger charge is -2.35. The standard InChI is InChI=1S/C25H54N.C3H8O3S/c1-5-8-11-14-17-20-23-26(4,24-21-18-15-12-9-6-2)25-22-19-16-13-10-7-3;1-2-3-7(4,5)6/h5-25H2,1-4H3;2-3H2,1H3,(H,4,5,6)/q+1;. The summed E-state index contributed by atoms with van der Waals surface area (Å²) < 4.78 is 28.9. The maximum Gasteiger partial charge on any atom is 0.264 e. The van der Waals surface area contributed by atoms with Crippen LogP contribution in [0.15, 0.2) is 0 Å². The van der Waals surface area contributed by atoms with Crippen molar-refractivity contribution >= 4 is 10.1 Å². The fourth-order valence-corrected chi connectivity index (χ4v) is 4.93. The van der Waals surface area contributed by atoms with Gasteiger partial charge in [-0.1, -0.05) is 105 Å². The Balaban J connectivity index is 0. The van der Waals surface area contributed by atoms with Gasteiger partial charge in [0.2, 0.25) is 0 Å². The van der Waals surface area contributed by atoms with Gasteiger partial charge in [-0.05, 0) is 44.9 Å². The molecule has 202 valence electrons. The molecule has 0 rings (SSSR count). The molecule has 0 aromatic rings. The van der Waals surface area contributed by atoms with E-state index < -0.39 is 10.1 Å². The molecule has 0 bridgehead atoms. The fourth-order valence-electron chi connectivity index (χ4n) is 4.41. The lowest BCUT2D eigenvalue weighted by molar-refractivity contribution is -0.910. The minimum atomic E-state index is -3.67. The van der Waals surface area contributed by atoms with Crippen LogP contribution in [0.5, 0.6) is 0 Å².